The number of hydrogen-bond donors (Lipinski definition) is 1. The van der Waals surface area contributed by atoms with Crippen LogP contribution in [0.5, 0.6) is 11.5 Å². The first-order valence-corrected chi connectivity index (χ1v) is 9.17. The van der Waals surface area contributed by atoms with Crippen molar-refractivity contribution in [3.63, 3.8) is 0 Å². The van der Waals surface area contributed by atoms with Gasteiger partial charge in [0.25, 0.3) is 0 Å². The van der Waals surface area contributed by atoms with Gasteiger partial charge in [-0.2, -0.15) is 0 Å². The minimum atomic E-state index is -0.165. The summed E-state index contributed by atoms with van der Waals surface area (Å²) in [4.78, 5) is 18.7. The summed E-state index contributed by atoms with van der Waals surface area (Å²) in [6, 6.07) is 20.7. The van der Waals surface area contributed by atoms with Crippen molar-refractivity contribution in [2.75, 3.05) is 18.5 Å². The van der Waals surface area contributed by atoms with Gasteiger partial charge in [0.15, 0.2) is 0 Å². The van der Waals surface area contributed by atoms with Gasteiger partial charge in [-0.15, -0.1) is 0 Å². The van der Waals surface area contributed by atoms with Crippen LogP contribution in [-0.4, -0.2) is 29.1 Å². The van der Waals surface area contributed by atoms with Crippen molar-refractivity contribution in [2.24, 2.45) is 0 Å². The Kier molecular flexibility index (Phi) is 5.38. The SMILES string of the molecule is O=C(Nc1cccc(OCc2ccccn2)c1)N1CCOc2ccccc2C1. The van der Waals surface area contributed by atoms with Crippen LogP contribution in [0.2, 0.25) is 0 Å². The third-order valence-corrected chi connectivity index (χ3v) is 4.44. The van der Waals surface area contributed by atoms with E-state index >= 15 is 0 Å². The van der Waals surface area contributed by atoms with Crippen LogP contribution in [0, 0.1) is 0 Å². The Morgan fingerprint density at radius 3 is 2.89 bits per heavy atom. The van der Waals surface area contributed by atoms with Crippen molar-refractivity contribution in [3.8, 4) is 11.5 Å². The number of carbonyl (C=O) groups excluding carboxylic acids is 1. The molecular weight excluding hydrogens is 354 g/mol. The van der Waals surface area contributed by atoms with E-state index in [0.717, 1.165) is 17.0 Å². The molecule has 3 aromatic rings. The number of carbonyl (C=O) groups is 1. The van der Waals surface area contributed by atoms with E-state index in [9.17, 15) is 4.79 Å². The van der Waals surface area contributed by atoms with Gasteiger partial charge >= 0.3 is 6.03 Å². The fourth-order valence-corrected chi connectivity index (χ4v) is 3.01. The van der Waals surface area contributed by atoms with Crippen LogP contribution in [0.15, 0.2) is 72.9 Å². The Labute approximate surface area is 163 Å². The molecule has 2 aromatic carbocycles. The van der Waals surface area contributed by atoms with E-state index in [0.29, 0.717) is 37.7 Å². The predicted molar refractivity (Wildman–Crippen MR) is 106 cm³/mol. The monoisotopic (exact) mass is 375 g/mol. The summed E-state index contributed by atoms with van der Waals surface area (Å²) in [5.74, 6) is 1.51. The van der Waals surface area contributed by atoms with Crippen molar-refractivity contribution < 1.29 is 14.3 Å². The van der Waals surface area contributed by atoms with Crippen molar-refractivity contribution in [1.29, 1.82) is 0 Å². The average Bonchev–Trinajstić information content (AvgIpc) is 2.96. The molecule has 0 atom stereocenters. The lowest BCUT2D eigenvalue weighted by Crippen LogP contribution is -2.36. The molecular formula is C22H21N3O3. The van der Waals surface area contributed by atoms with E-state index in [1.165, 1.54) is 0 Å². The Hall–Kier alpha value is -3.54. The number of nitrogens with one attached hydrogen (secondary N) is 1. The fraction of sp³-hybridized carbons (Fsp3) is 0.182. The van der Waals surface area contributed by atoms with Gasteiger partial charge < -0.3 is 19.7 Å². The molecule has 0 aliphatic carbocycles. The molecule has 142 valence electrons. The molecule has 0 saturated heterocycles. The number of ether oxygens (including phenoxy) is 2. The highest BCUT2D eigenvalue weighted by Gasteiger charge is 2.19. The quantitative estimate of drug-likeness (QED) is 0.746. The summed E-state index contributed by atoms with van der Waals surface area (Å²) in [6.07, 6.45) is 1.73. The Balaban J connectivity index is 1.39. The van der Waals surface area contributed by atoms with E-state index in [4.69, 9.17) is 9.47 Å². The van der Waals surface area contributed by atoms with Crippen molar-refractivity contribution in [2.45, 2.75) is 13.2 Å². The highest BCUT2D eigenvalue weighted by atomic mass is 16.5. The number of hydrogen-bond acceptors (Lipinski definition) is 4. The molecule has 2 heterocycles. The van der Waals surface area contributed by atoms with E-state index in [2.05, 4.69) is 10.3 Å². The number of nitrogens with zero attached hydrogens (tertiary/aromatic N) is 2. The number of fused-ring (bicyclic) bond motifs is 1. The number of amides is 2. The molecule has 1 aromatic heterocycles. The zero-order valence-electron chi connectivity index (χ0n) is 15.4. The molecule has 6 heteroatoms. The molecule has 0 spiro atoms. The molecule has 1 aliphatic heterocycles. The summed E-state index contributed by atoms with van der Waals surface area (Å²) in [6.45, 7) is 1.88. The topological polar surface area (TPSA) is 63.7 Å². The molecule has 2 amide bonds. The molecule has 6 nitrogen and oxygen atoms in total. The number of anilines is 1. The van der Waals surface area contributed by atoms with Crippen LogP contribution in [0.3, 0.4) is 0 Å². The van der Waals surface area contributed by atoms with Gasteiger partial charge in [0.05, 0.1) is 18.8 Å². The van der Waals surface area contributed by atoms with Crippen molar-refractivity contribution >= 4 is 11.7 Å². The summed E-state index contributed by atoms with van der Waals surface area (Å²) in [7, 11) is 0. The molecule has 0 unspecified atom stereocenters. The van der Waals surface area contributed by atoms with Crippen LogP contribution >= 0.6 is 0 Å². The zero-order valence-corrected chi connectivity index (χ0v) is 15.4. The summed E-state index contributed by atoms with van der Waals surface area (Å²) in [5, 5.41) is 2.94. The fourth-order valence-electron chi connectivity index (χ4n) is 3.01. The first kappa shape index (κ1) is 17.9. The molecule has 4 rings (SSSR count). The maximum absolute atomic E-state index is 12.7. The van der Waals surface area contributed by atoms with Crippen molar-refractivity contribution in [3.05, 3.63) is 84.2 Å². The Morgan fingerprint density at radius 1 is 1.11 bits per heavy atom. The number of benzene rings is 2. The summed E-state index contributed by atoms with van der Waals surface area (Å²) < 4.78 is 11.5. The Morgan fingerprint density at radius 2 is 2.00 bits per heavy atom. The minimum absolute atomic E-state index is 0.165. The number of rotatable bonds is 4. The van der Waals surface area contributed by atoms with Gasteiger partial charge in [0, 0.05) is 23.5 Å². The zero-order chi connectivity index (χ0) is 19.2. The van der Waals surface area contributed by atoms with Crippen LogP contribution < -0.4 is 14.8 Å². The molecule has 0 radical (unpaired) electrons. The van der Waals surface area contributed by atoms with Crippen LogP contribution in [-0.2, 0) is 13.2 Å². The Bertz CT molecular complexity index is 947. The predicted octanol–water partition coefficient (Wildman–Crippen LogP) is 4.09. The lowest BCUT2D eigenvalue weighted by atomic mass is 10.2. The van der Waals surface area contributed by atoms with Gasteiger partial charge in [-0.05, 0) is 30.3 Å². The molecule has 0 fully saturated rings. The lowest BCUT2D eigenvalue weighted by Gasteiger charge is -2.20. The third kappa shape index (κ3) is 4.40. The highest BCUT2D eigenvalue weighted by Crippen LogP contribution is 2.23. The van der Waals surface area contributed by atoms with Crippen LogP contribution in [0.1, 0.15) is 11.3 Å². The third-order valence-electron chi connectivity index (χ3n) is 4.44. The first-order chi connectivity index (χ1) is 13.8. The maximum Gasteiger partial charge on any atom is 0.322 e. The van der Waals surface area contributed by atoms with Crippen LogP contribution in [0.4, 0.5) is 10.5 Å². The number of urea groups is 1. The van der Waals surface area contributed by atoms with Gasteiger partial charge in [-0.1, -0.05) is 30.3 Å². The summed E-state index contributed by atoms with van der Waals surface area (Å²) >= 11 is 0. The second kappa shape index (κ2) is 8.43. The summed E-state index contributed by atoms with van der Waals surface area (Å²) in [5.41, 5.74) is 2.53. The van der Waals surface area contributed by atoms with E-state index in [-0.39, 0.29) is 6.03 Å². The van der Waals surface area contributed by atoms with E-state index in [1.54, 1.807) is 11.1 Å². The molecule has 0 bridgehead atoms. The van der Waals surface area contributed by atoms with Crippen molar-refractivity contribution in [1.82, 2.24) is 9.88 Å². The van der Waals surface area contributed by atoms with E-state index < -0.39 is 0 Å². The van der Waals surface area contributed by atoms with E-state index in [1.807, 2.05) is 66.7 Å². The number of aromatic nitrogens is 1. The minimum Gasteiger partial charge on any atom is -0.491 e. The number of pyridine rings is 1. The molecule has 28 heavy (non-hydrogen) atoms. The second-order valence-electron chi connectivity index (χ2n) is 6.45. The van der Waals surface area contributed by atoms with Gasteiger partial charge in [0.1, 0.15) is 24.7 Å². The second-order valence-corrected chi connectivity index (χ2v) is 6.45. The van der Waals surface area contributed by atoms with Gasteiger partial charge in [-0.3, -0.25) is 4.98 Å². The average molecular weight is 375 g/mol. The lowest BCUT2D eigenvalue weighted by molar-refractivity contribution is 0.200. The molecule has 1 N–H and O–H groups in total. The maximum atomic E-state index is 12.7. The smallest absolute Gasteiger partial charge is 0.322 e. The normalized spacial score (nSPS) is 13.1. The molecule has 0 saturated carbocycles. The highest BCUT2D eigenvalue weighted by molar-refractivity contribution is 5.89. The first-order valence-electron chi connectivity index (χ1n) is 9.17. The van der Waals surface area contributed by atoms with Gasteiger partial charge in [0.2, 0.25) is 0 Å². The van der Waals surface area contributed by atoms with Crippen LogP contribution in [0.25, 0.3) is 0 Å². The van der Waals surface area contributed by atoms with Gasteiger partial charge in [-0.25, -0.2) is 4.79 Å². The largest absolute Gasteiger partial charge is 0.491 e. The standard InChI is InChI=1S/C22H21N3O3/c26-22(25-12-13-27-21-10-2-1-6-17(21)15-25)24-18-8-5-9-20(14-18)28-16-19-7-3-4-11-23-19/h1-11,14H,12-13,15-16H2,(H,24,26). The molecule has 1 aliphatic rings. The number of para-hydroxylation sites is 1.